The second-order valence-electron chi connectivity index (χ2n) is 14.3. The molecule has 0 aliphatic heterocycles. The van der Waals surface area contributed by atoms with Gasteiger partial charge in [-0.25, -0.2) is 4.79 Å². The maximum absolute atomic E-state index is 14.6. The molecule has 0 saturated heterocycles. The molecule has 4 rings (SSSR count). The van der Waals surface area contributed by atoms with E-state index in [2.05, 4.69) is 13.2 Å². The van der Waals surface area contributed by atoms with E-state index in [1.165, 1.54) is 42.1 Å². The molecule has 0 heterocycles. The number of alkyl halides is 3. The quantitative estimate of drug-likeness (QED) is 0.117. The van der Waals surface area contributed by atoms with Crippen LogP contribution in [0.1, 0.15) is 61.8 Å². The number of amides is 3. The van der Waals surface area contributed by atoms with Gasteiger partial charge in [-0.3, -0.25) is 19.3 Å². The van der Waals surface area contributed by atoms with Gasteiger partial charge in [0, 0.05) is 33.0 Å². The van der Waals surface area contributed by atoms with Crippen LogP contribution in [-0.2, 0) is 36.5 Å². The van der Waals surface area contributed by atoms with Gasteiger partial charge in [0.05, 0.1) is 5.56 Å². The third kappa shape index (κ3) is 10.2. The van der Waals surface area contributed by atoms with Crippen molar-refractivity contribution < 1.29 is 41.8 Å². The molecule has 0 aromatic heterocycles. The van der Waals surface area contributed by atoms with E-state index < -0.39 is 59.8 Å². The summed E-state index contributed by atoms with van der Waals surface area (Å²) in [4.78, 5) is 58.8. The highest BCUT2D eigenvalue weighted by molar-refractivity contribution is 5.93. The molecule has 288 valence electrons. The molecule has 0 unspecified atom stereocenters. The number of likely N-dealkylation sites (N-methyl/N-ethyl adjacent to an activating group) is 2. The Morgan fingerprint density at radius 2 is 1.39 bits per heavy atom. The number of carbonyl (C=O) groups excluding carboxylic acids is 4. The van der Waals surface area contributed by atoms with E-state index >= 15 is 0 Å². The van der Waals surface area contributed by atoms with Crippen LogP contribution in [0.15, 0.2) is 98.1 Å². The van der Waals surface area contributed by atoms with Crippen molar-refractivity contribution in [2.24, 2.45) is 0 Å². The molecular weight excluding hydrogens is 699 g/mol. The molecule has 1 aliphatic carbocycles. The van der Waals surface area contributed by atoms with Crippen LogP contribution in [0.25, 0.3) is 11.1 Å². The minimum absolute atomic E-state index is 0.000937. The molecule has 12 heteroatoms. The minimum Gasteiger partial charge on any atom is -0.459 e. The zero-order chi connectivity index (χ0) is 39.8. The second kappa shape index (κ2) is 17.6. The summed E-state index contributed by atoms with van der Waals surface area (Å²) in [6, 6.07) is 17.6. The number of hydrogen-bond donors (Lipinski definition) is 0. The topological polar surface area (TPSA) is 96.5 Å². The minimum atomic E-state index is -4.57. The SMILES string of the molecule is C=CCCN(C(=O)[C@H](CC=C)N(C)C(=O)OCC1c2ccccc2-c2ccccc21)[C@@H](Cc1ccc(C(F)(F)F)cc1)C(=O)N(C)CC(=O)OC(C)(C)C. The third-order valence-corrected chi connectivity index (χ3v) is 9.16. The lowest BCUT2D eigenvalue weighted by atomic mass is 9.98. The lowest BCUT2D eigenvalue weighted by Crippen LogP contribution is -2.57. The number of esters is 1. The number of rotatable bonds is 15. The van der Waals surface area contributed by atoms with Crippen molar-refractivity contribution in [2.75, 3.05) is 33.8 Å². The Morgan fingerprint density at radius 1 is 0.815 bits per heavy atom. The molecule has 3 amide bonds. The molecule has 54 heavy (non-hydrogen) atoms. The standard InChI is InChI=1S/C42H48F3N3O6/c1-8-10-24-48(36(25-28-20-22-29(23-21-28)42(43,44)45)38(50)46(6)26-37(49)54-41(3,4)5)39(51)35(15-9-2)47(7)40(52)53-27-34-32-18-13-11-16-30(32)31-17-12-14-19-33(31)34/h8-9,11-14,16-23,34-36H,1-2,10,15,24-27H2,3-7H3/t35-,36-/m0/s1. The van der Waals surface area contributed by atoms with E-state index in [1.54, 1.807) is 26.8 Å². The Labute approximate surface area is 315 Å². The van der Waals surface area contributed by atoms with Gasteiger partial charge in [0.15, 0.2) is 0 Å². The summed E-state index contributed by atoms with van der Waals surface area (Å²) in [7, 11) is 2.81. The molecule has 0 spiro atoms. The number of halogens is 3. The number of carbonyl (C=O) groups is 4. The van der Waals surface area contributed by atoms with Crippen LogP contribution >= 0.6 is 0 Å². The van der Waals surface area contributed by atoms with Crippen LogP contribution in [0, 0.1) is 0 Å². The summed E-state index contributed by atoms with van der Waals surface area (Å²) in [5.74, 6) is -2.18. The Bertz CT molecular complexity index is 1790. The van der Waals surface area contributed by atoms with Gasteiger partial charge in [0.2, 0.25) is 11.8 Å². The lowest BCUT2D eigenvalue weighted by Gasteiger charge is -2.37. The molecule has 9 nitrogen and oxygen atoms in total. The fraction of sp³-hybridized carbons (Fsp3) is 0.381. The first kappa shape index (κ1) is 41.4. The van der Waals surface area contributed by atoms with Gasteiger partial charge in [-0.2, -0.15) is 13.2 Å². The predicted octanol–water partition coefficient (Wildman–Crippen LogP) is 7.65. The van der Waals surface area contributed by atoms with Crippen molar-refractivity contribution in [1.82, 2.24) is 14.7 Å². The Morgan fingerprint density at radius 3 is 1.91 bits per heavy atom. The van der Waals surface area contributed by atoms with Gasteiger partial charge in [-0.05, 0) is 73.6 Å². The van der Waals surface area contributed by atoms with Crippen LogP contribution in [-0.4, -0.2) is 90.1 Å². The van der Waals surface area contributed by atoms with E-state index in [-0.39, 0.29) is 38.3 Å². The van der Waals surface area contributed by atoms with Crippen LogP contribution in [0.3, 0.4) is 0 Å². The van der Waals surface area contributed by atoms with Crippen molar-refractivity contribution in [3.8, 4) is 11.1 Å². The second-order valence-corrected chi connectivity index (χ2v) is 14.3. The smallest absolute Gasteiger partial charge is 0.416 e. The van der Waals surface area contributed by atoms with Crippen LogP contribution < -0.4 is 0 Å². The molecule has 2 atom stereocenters. The highest BCUT2D eigenvalue weighted by atomic mass is 19.4. The zero-order valence-corrected chi connectivity index (χ0v) is 31.4. The Hall–Kier alpha value is -5.39. The predicted molar refractivity (Wildman–Crippen MR) is 200 cm³/mol. The largest absolute Gasteiger partial charge is 0.459 e. The Kier molecular flexibility index (Phi) is 13.5. The summed E-state index contributed by atoms with van der Waals surface area (Å²) in [5, 5.41) is 0. The first-order chi connectivity index (χ1) is 25.5. The molecule has 0 saturated carbocycles. The molecule has 1 aliphatic rings. The fourth-order valence-electron chi connectivity index (χ4n) is 6.53. The van der Waals surface area contributed by atoms with Gasteiger partial charge in [-0.1, -0.05) is 72.8 Å². The normalized spacial score (nSPS) is 13.5. The zero-order valence-electron chi connectivity index (χ0n) is 31.4. The van der Waals surface area contributed by atoms with E-state index in [4.69, 9.17) is 9.47 Å². The van der Waals surface area contributed by atoms with Gasteiger partial charge in [0.1, 0.15) is 30.8 Å². The molecule has 0 N–H and O–H groups in total. The average Bonchev–Trinajstić information content (AvgIpc) is 3.44. The molecule has 0 bridgehead atoms. The number of ether oxygens (including phenoxy) is 2. The maximum atomic E-state index is 14.6. The fourth-order valence-corrected chi connectivity index (χ4v) is 6.53. The summed E-state index contributed by atoms with van der Waals surface area (Å²) in [6.07, 6.45) is -2.26. The van der Waals surface area contributed by atoms with Crippen molar-refractivity contribution in [2.45, 2.75) is 69.8 Å². The van der Waals surface area contributed by atoms with Gasteiger partial charge < -0.3 is 19.3 Å². The third-order valence-electron chi connectivity index (χ3n) is 9.16. The first-order valence-electron chi connectivity index (χ1n) is 17.7. The molecule has 0 fully saturated rings. The summed E-state index contributed by atoms with van der Waals surface area (Å²) < 4.78 is 51.4. The van der Waals surface area contributed by atoms with E-state index in [0.29, 0.717) is 5.56 Å². The lowest BCUT2D eigenvalue weighted by molar-refractivity contribution is -0.159. The summed E-state index contributed by atoms with van der Waals surface area (Å²) >= 11 is 0. The van der Waals surface area contributed by atoms with Crippen LogP contribution in [0.5, 0.6) is 0 Å². The summed E-state index contributed by atoms with van der Waals surface area (Å²) in [6.45, 7) is 12.1. The van der Waals surface area contributed by atoms with Crippen molar-refractivity contribution in [1.29, 1.82) is 0 Å². The van der Waals surface area contributed by atoms with Crippen molar-refractivity contribution in [3.63, 3.8) is 0 Å². The van der Waals surface area contributed by atoms with Gasteiger partial charge >= 0.3 is 18.2 Å². The monoisotopic (exact) mass is 747 g/mol. The van der Waals surface area contributed by atoms with Crippen molar-refractivity contribution in [3.05, 3.63) is 120 Å². The molecule has 3 aromatic rings. The van der Waals surface area contributed by atoms with Gasteiger partial charge in [0.25, 0.3) is 0 Å². The van der Waals surface area contributed by atoms with Crippen LogP contribution in [0.2, 0.25) is 0 Å². The van der Waals surface area contributed by atoms with Crippen LogP contribution in [0.4, 0.5) is 18.0 Å². The van der Waals surface area contributed by atoms with Crippen molar-refractivity contribution >= 4 is 23.9 Å². The Balaban J connectivity index is 1.63. The highest BCUT2D eigenvalue weighted by Crippen LogP contribution is 2.44. The summed E-state index contributed by atoms with van der Waals surface area (Å²) in [5.41, 5.74) is 2.79. The first-order valence-corrected chi connectivity index (χ1v) is 17.7. The van der Waals surface area contributed by atoms with E-state index in [1.807, 2.05) is 48.5 Å². The highest BCUT2D eigenvalue weighted by Gasteiger charge is 2.39. The molecule has 3 aromatic carbocycles. The van der Waals surface area contributed by atoms with Gasteiger partial charge in [-0.15, -0.1) is 13.2 Å². The van der Waals surface area contributed by atoms with E-state index in [9.17, 15) is 32.3 Å². The number of benzene rings is 3. The number of nitrogens with zero attached hydrogens (tertiary/aromatic N) is 3. The number of fused-ring (bicyclic) bond motifs is 3. The molecule has 0 radical (unpaired) electrons. The maximum Gasteiger partial charge on any atom is 0.416 e. The average molecular weight is 748 g/mol. The van der Waals surface area contributed by atoms with E-state index in [0.717, 1.165) is 39.3 Å². The molecular formula is C42H48F3N3O6. The number of hydrogen-bond acceptors (Lipinski definition) is 6.